The molecule has 0 saturated heterocycles. The summed E-state index contributed by atoms with van der Waals surface area (Å²) in [7, 11) is 2.99. The number of ether oxygens (including phenoxy) is 4. The average molecular weight is 493 g/mol. The molecule has 0 aliphatic heterocycles. The number of alkyl halides is 3. The van der Waals surface area contributed by atoms with Gasteiger partial charge in [-0.15, -0.1) is 13.2 Å². The van der Waals surface area contributed by atoms with Crippen molar-refractivity contribution in [1.82, 2.24) is 5.32 Å². The van der Waals surface area contributed by atoms with Crippen molar-refractivity contribution in [3.05, 3.63) is 65.7 Å². The van der Waals surface area contributed by atoms with Crippen LogP contribution in [0.5, 0.6) is 17.2 Å². The van der Waals surface area contributed by atoms with Crippen molar-refractivity contribution in [3.63, 3.8) is 0 Å². The van der Waals surface area contributed by atoms with Gasteiger partial charge in [-0.05, 0) is 49.1 Å². The van der Waals surface area contributed by atoms with Crippen LogP contribution in [-0.2, 0) is 9.53 Å². The molecule has 1 N–H and O–H groups in total. The van der Waals surface area contributed by atoms with Gasteiger partial charge in [-0.25, -0.2) is 0 Å². The van der Waals surface area contributed by atoms with E-state index in [4.69, 9.17) is 14.2 Å². The number of hydrogen-bond acceptors (Lipinski definition) is 6. The fourth-order valence-electron chi connectivity index (χ4n) is 4.03. The Morgan fingerprint density at radius 2 is 1.74 bits per heavy atom. The van der Waals surface area contributed by atoms with E-state index in [2.05, 4.69) is 10.1 Å². The smallest absolute Gasteiger partial charge is 0.493 e. The van der Waals surface area contributed by atoms with Gasteiger partial charge in [0, 0.05) is 6.04 Å². The highest BCUT2D eigenvalue weighted by Crippen LogP contribution is 2.38. The zero-order valence-corrected chi connectivity index (χ0v) is 19.4. The van der Waals surface area contributed by atoms with Crippen molar-refractivity contribution >= 4 is 11.9 Å². The number of amides is 1. The number of rotatable bonds is 9. The Bertz CT molecular complexity index is 1090. The van der Waals surface area contributed by atoms with Crippen LogP contribution in [0, 0.1) is 5.92 Å². The molecule has 7 nitrogen and oxygen atoms in total. The molecule has 2 aromatic rings. The Hall–Kier alpha value is -3.69. The maximum atomic E-state index is 12.9. The number of hydrogen-bond donors (Lipinski definition) is 1. The molecule has 10 heteroatoms. The van der Waals surface area contributed by atoms with Crippen molar-refractivity contribution in [2.45, 2.75) is 31.7 Å². The number of benzene rings is 2. The van der Waals surface area contributed by atoms with Crippen LogP contribution in [0.15, 0.2) is 54.6 Å². The summed E-state index contributed by atoms with van der Waals surface area (Å²) in [6.07, 6.45) is -1.09. The monoisotopic (exact) mass is 493 g/mol. The summed E-state index contributed by atoms with van der Waals surface area (Å²) in [6, 6.07) is 9.73. The molecule has 0 bridgehead atoms. The molecule has 1 amide bonds. The Kier molecular flexibility index (Phi) is 8.26. The van der Waals surface area contributed by atoms with E-state index >= 15 is 0 Å². The quantitative estimate of drug-likeness (QED) is 0.405. The highest BCUT2D eigenvalue weighted by Gasteiger charge is 2.36. The first kappa shape index (κ1) is 25.9. The molecule has 0 aromatic heterocycles. The van der Waals surface area contributed by atoms with E-state index in [9.17, 15) is 22.8 Å². The molecule has 2 aromatic carbocycles. The number of carbonyl (C=O) groups excluding carboxylic acids is 2. The lowest BCUT2D eigenvalue weighted by atomic mass is 9.85. The molecule has 1 aliphatic carbocycles. The second-order valence-electron chi connectivity index (χ2n) is 7.75. The van der Waals surface area contributed by atoms with Crippen molar-refractivity contribution in [1.29, 1.82) is 0 Å². The third-order valence-corrected chi connectivity index (χ3v) is 5.53. The van der Waals surface area contributed by atoms with Crippen LogP contribution < -0.4 is 19.5 Å². The van der Waals surface area contributed by atoms with Crippen molar-refractivity contribution in [3.8, 4) is 17.2 Å². The zero-order chi connectivity index (χ0) is 25.6. The van der Waals surface area contributed by atoms with Gasteiger partial charge in [-0.3, -0.25) is 9.59 Å². The fraction of sp³-hybridized carbons (Fsp3) is 0.360. The fourth-order valence-corrected chi connectivity index (χ4v) is 4.03. The number of methoxy groups -OCH3 is 2. The Morgan fingerprint density at radius 3 is 2.40 bits per heavy atom. The van der Waals surface area contributed by atoms with Crippen LogP contribution in [0.1, 0.15) is 35.2 Å². The predicted molar refractivity (Wildman–Crippen MR) is 121 cm³/mol. The predicted octanol–water partition coefficient (Wildman–Crippen LogP) is 4.62. The van der Waals surface area contributed by atoms with E-state index < -0.39 is 35.9 Å². The van der Waals surface area contributed by atoms with E-state index in [0.717, 1.165) is 6.07 Å². The van der Waals surface area contributed by atoms with Crippen LogP contribution in [0.3, 0.4) is 0 Å². The topological polar surface area (TPSA) is 83.1 Å². The van der Waals surface area contributed by atoms with E-state index in [1.807, 2.05) is 0 Å². The van der Waals surface area contributed by atoms with Crippen LogP contribution in [0.25, 0.3) is 0 Å². The third-order valence-electron chi connectivity index (χ3n) is 5.53. The highest BCUT2D eigenvalue weighted by atomic mass is 19.4. The summed E-state index contributed by atoms with van der Waals surface area (Å²) in [5.41, 5.74) is 0.398. The summed E-state index contributed by atoms with van der Waals surface area (Å²) in [5.74, 6) is -1.82. The first-order valence-electron chi connectivity index (χ1n) is 10.9. The Morgan fingerprint density at radius 1 is 1.03 bits per heavy atom. The van der Waals surface area contributed by atoms with Gasteiger partial charge in [-0.2, -0.15) is 0 Å². The molecule has 1 aliphatic rings. The molecule has 0 radical (unpaired) electrons. The first-order valence-corrected chi connectivity index (χ1v) is 10.9. The van der Waals surface area contributed by atoms with Crippen molar-refractivity contribution in [2.24, 2.45) is 5.92 Å². The van der Waals surface area contributed by atoms with Gasteiger partial charge in [0.25, 0.3) is 5.91 Å². The van der Waals surface area contributed by atoms with Gasteiger partial charge < -0.3 is 24.3 Å². The first-order chi connectivity index (χ1) is 16.7. The molecule has 3 rings (SSSR count). The SMILES string of the molecule is CCOC(=O)[C@H](c1ccc(OC)c(OC)c1)[C@H]1C=C[C@H](NC(=O)c2ccccc2OC(F)(F)F)C1. The van der Waals surface area contributed by atoms with Gasteiger partial charge in [-0.1, -0.05) is 30.4 Å². The minimum absolute atomic E-state index is 0.190. The van der Waals surface area contributed by atoms with E-state index in [1.165, 1.54) is 32.4 Å². The lowest BCUT2D eigenvalue weighted by Gasteiger charge is -2.23. The number of para-hydroxylation sites is 1. The molecular weight excluding hydrogens is 467 g/mol. The van der Waals surface area contributed by atoms with Crippen LogP contribution in [-0.4, -0.2) is 45.1 Å². The zero-order valence-electron chi connectivity index (χ0n) is 19.4. The number of nitrogens with one attached hydrogen (secondary N) is 1. The molecule has 0 saturated carbocycles. The summed E-state index contributed by atoms with van der Waals surface area (Å²) in [6.45, 7) is 1.90. The molecule has 188 valence electrons. The van der Waals surface area contributed by atoms with Crippen molar-refractivity contribution < 1.29 is 41.7 Å². The Labute approximate surface area is 200 Å². The lowest BCUT2D eigenvalue weighted by molar-refractivity contribution is -0.274. The second-order valence-corrected chi connectivity index (χ2v) is 7.75. The van der Waals surface area contributed by atoms with E-state index in [-0.39, 0.29) is 18.1 Å². The lowest BCUT2D eigenvalue weighted by Crippen LogP contribution is -2.34. The number of halogens is 3. The van der Waals surface area contributed by atoms with E-state index in [0.29, 0.717) is 23.5 Å². The summed E-state index contributed by atoms with van der Waals surface area (Å²) < 4.78 is 58.0. The summed E-state index contributed by atoms with van der Waals surface area (Å²) in [4.78, 5) is 25.6. The second kappa shape index (κ2) is 11.2. The minimum atomic E-state index is -4.93. The molecule has 35 heavy (non-hydrogen) atoms. The molecular formula is C25H26F3NO6. The molecule has 0 spiro atoms. The standard InChI is InChI=1S/C25H26F3NO6/c1-4-34-24(31)22(16-10-12-20(32-2)21(14-16)33-3)15-9-11-17(13-15)29-23(30)18-7-5-6-8-19(18)35-25(26,27)28/h5-12,14-15,17,22H,4,13H2,1-3H3,(H,29,30)/t15-,17-,22-/m0/s1. The summed E-state index contributed by atoms with van der Waals surface area (Å²) >= 11 is 0. The maximum Gasteiger partial charge on any atom is 0.573 e. The third kappa shape index (κ3) is 6.46. The van der Waals surface area contributed by atoms with Gasteiger partial charge in [0.05, 0.1) is 32.3 Å². The van der Waals surface area contributed by atoms with Gasteiger partial charge in [0.1, 0.15) is 5.75 Å². The average Bonchev–Trinajstić information content (AvgIpc) is 3.26. The van der Waals surface area contributed by atoms with Gasteiger partial charge in [0.15, 0.2) is 11.5 Å². The van der Waals surface area contributed by atoms with Crippen LogP contribution in [0.4, 0.5) is 13.2 Å². The molecule has 0 heterocycles. The Balaban J connectivity index is 1.78. The molecule has 0 fully saturated rings. The van der Waals surface area contributed by atoms with Gasteiger partial charge in [0.2, 0.25) is 0 Å². The maximum absolute atomic E-state index is 12.9. The number of allylic oxidation sites excluding steroid dienone is 1. The minimum Gasteiger partial charge on any atom is -0.493 e. The summed E-state index contributed by atoms with van der Waals surface area (Å²) in [5, 5.41) is 2.70. The van der Waals surface area contributed by atoms with Crippen molar-refractivity contribution in [2.75, 3.05) is 20.8 Å². The normalized spacial score (nSPS) is 18.0. The van der Waals surface area contributed by atoms with E-state index in [1.54, 1.807) is 37.3 Å². The van der Waals surface area contributed by atoms with Gasteiger partial charge >= 0.3 is 12.3 Å². The largest absolute Gasteiger partial charge is 0.573 e. The highest BCUT2D eigenvalue weighted by molar-refractivity contribution is 5.97. The van der Waals surface area contributed by atoms with Crippen LogP contribution >= 0.6 is 0 Å². The molecule has 3 atom stereocenters. The molecule has 0 unspecified atom stereocenters. The number of carbonyl (C=O) groups is 2. The van der Waals surface area contributed by atoms with Crippen LogP contribution in [0.2, 0.25) is 0 Å². The number of esters is 1.